The lowest BCUT2D eigenvalue weighted by molar-refractivity contribution is -0.127. The summed E-state index contributed by atoms with van der Waals surface area (Å²) in [6.45, 7) is 12.5. The van der Waals surface area contributed by atoms with Crippen molar-refractivity contribution in [2.45, 2.75) is 97.4 Å². The molecule has 0 fully saturated rings. The van der Waals surface area contributed by atoms with Crippen LogP contribution in [0.3, 0.4) is 0 Å². The molecule has 3 unspecified atom stereocenters. The number of fused-ring (bicyclic) bond motifs is 1. The number of aromatic amines is 1. The summed E-state index contributed by atoms with van der Waals surface area (Å²) >= 11 is 0. The largest absolute Gasteiger partial charge is 0.326 e. The number of benzene rings is 2. The van der Waals surface area contributed by atoms with Crippen LogP contribution in [0.2, 0.25) is 0 Å². The Balaban J connectivity index is 0.000000296. The highest BCUT2D eigenvalue weighted by Crippen LogP contribution is 2.25. The first-order valence-electron chi connectivity index (χ1n) is 14.4. The number of amides is 4. The lowest BCUT2D eigenvalue weighted by atomic mass is 9.91. The molecule has 0 aliphatic rings. The van der Waals surface area contributed by atoms with Crippen LogP contribution >= 0.6 is 0 Å². The van der Waals surface area contributed by atoms with Crippen LogP contribution in [0.25, 0.3) is 11.0 Å². The molecule has 9 nitrogen and oxygen atoms in total. The fourth-order valence-electron chi connectivity index (χ4n) is 4.75. The van der Waals surface area contributed by atoms with E-state index in [-0.39, 0.29) is 35.9 Å². The topological polar surface area (TPSA) is 130 Å². The van der Waals surface area contributed by atoms with Crippen molar-refractivity contribution < 1.29 is 19.2 Å². The molecule has 222 valence electrons. The van der Waals surface area contributed by atoms with Crippen molar-refractivity contribution in [3.05, 3.63) is 69.6 Å². The Bertz CT molecular complexity index is 1360. The molecule has 2 aromatic carbocycles. The van der Waals surface area contributed by atoms with Crippen molar-refractivity contribution in [3.8, 4) is 0 Å². The van der Waals surface area contributed by atoms with E-state index < -0.39 is 0 Å². The maximum Gasteiger partial charge on any atom is 0.326 e. The molecule has 0 saturated heterocycles. The van der Waals surface area contributed by atoms with Gasteiger partial charge in [0.25, 0.3) is 0 Å². The summed E-state index contributed by atoms with van der Waals surface area (Å²) in [5, 5.41) is 4.36. The van der Waals surface area contributed by atoms with Crippen molar-refractivity contribution in [2.24, 2.45) is 0 Å². The van der Waals surface area contributed by atoms with Gasteiger partial charge in [-0.05, 0) is 66.8 Å². The smallest absolute Gasteiger partial charge is 0.306 e. The Hall–Kier alpha value is -4.01. The van der Waals surface area contributed by atoms with Gasteiger partial charge in [-0.2, -0.15) is 0 Å². The van der Waals surface area contributed by atoms with Crippen LogP contribution < -0.4 is 16.3 Å². The summed E-state index contributed by atoms with van der Waals surface area (Å²) in [4.78, 5) is 58.9. The molecule has 3 aromatic rings. The van der Waals surface area contributed by atoms with Crippen LogP contribution in [-0.4, -0.2) is 34.2 Å². The number of carbonyl (C=O) groups excluding carboxylic acids is 4. The van der Waals surface area contributed by atoms with Crippen LogP contribution in [0.5, 0.6) is 0 Å². The summed E-state index contributed by atoms with van der Waals surface area (Å²) in [5.74, 6) is 0.132. The normalized spacial score (nSPS) is 13.0. The summed E-state index contributed by atoms with van der Waals surface area (Å²) < 4.78 is 1.67. The summed E-state index contributed by atoms with van der Waals surface area (Å²) in [7, 11) is 0. The van der Waals surface area contributed by atoms with E-state index in [0.717, 1.165) is 35.9 Å². The molecule has 0 spiro atoms. The van der Waals surface area contributed by atoms with E-state index in [1.165, 1.54) is 11.1 Å². The van der Waals surface area contributed by atoms with E-state index in [4.69, 9.17) is 0 Å². The number of rotatable bonds is 13. The molecule has 3 rings (SSSR count). The minimum atomic E-state index is -0.334. The lowest BCUT2D eigenvalue weighted by Crippen LogP contribution is -2.28. The van der Waals surface area contributed by atoms with E-state index in [0.29, 0.717) is 31.1 Å². The van der Waals surface area contributed by atoms with Crippen molar-refractivity contribution >= 4 is 35.7 Å². The number of hydrogen-bond donors (Lipinski definition) is 3. The van der Waals surface area contributed by atoms with Crippen LogP contribution in [-0.2, 0) is 19.2 Å². The van der Waals surface area contributed by atoms with Gasteiger partial charge in [0.15, 0.2) is 0 Å². The number of H-pyrrole nitrogens is 1. The van der Waals surface area contributed by atoms with Crippen molar-refractivity contribution in [3.63, 3.8) is 0 Å². The van der Waals surface area contributed by atoms with Gasteiger partial charge < -0.3 is 4.98 Å². The standard InChI is InChI=1S/C17H23N3O3.C15H21NO2/c1-4-11(2)13-6-7-15-14(9-13)19-17(23)20(15)12(3)5-8-16(22)18-10-21;1-4-5-14(15(18)16-10-17)13-8-6-12(7-9-13)11(2)3/h6-7,9-12H,4-5,8H2,1-3H3,(H,19,23)(H,18,21,22);6-11,14H,4-5H2,1-3H3,(H,16,17,18). The molecule has 1 aromatic heterocycles. The third-order valence-corrected chi connectivity index (χ3v) is 7.47. The van der Waals surface area contributed by atoms with E-state index in [9.17, 15) is 24.0 Å². The number of nitrogens with one attached hydrogen (secondary N) is 3. The highest BCUT2D eigenvalue weighted by molar-refractivity contribution is 5.91. The average molecular weight is 565 g/mol. The van der Waals surface area contributed by atoms with Crippen molar-refractivity contribution in [1.82, 2.24) is 20.2 Å². The molecule has 41 heavy (non-hydrogen) atoms. The molecule has 3 atom stereocenters. The third-order valence-electron chi connectivity index (χ3n) is 7.47. The molecular formula is C32H44N4O5. The Morgan fingerprint density at radius 2 is 1.49 bits per heavy atom. The van der Waals surface area contributed by atoms with Crippen LogP contribution in [0.4, 0.5) is 0 Å². The summed E-state index contributed by atoms with van der Waals surface area (Å²) in [5.41, 5.74) is 4.91. The molecular weight excluding hydrogens is 520 g/mol. The quantitative estimate of drug-likeness (QED) is 0.239. The van der Waals surface area contributed by atoms with E-state index in [1.54, 1.807) is 4.57 Å². The second-order valence-electron chi connectivity index (χ2n) is 10.7. The molecule has 0 aliphatic heterocycles. The molecule has 0 bridgehead atoms. The van der Waals surface area contributed by atoms with Crippen molar-refractivity contribution in [2.75, 3.05) is 0 Å². The zero-order valence-corrected chi connectivity index (χ0v) is 25.0. The van der Waals surface area contributed by atoms with Gasteiger partial charge in [-0.3, -0.25) is 34.4 Å². The number of imidazole rings is 1. The van der Waals surface area contributed by atoms with Gasteiger partial charge in [0, 0.05) is 12.5 Å². The highest BCUT2D eigenvalue weighted by atomic mass is 16.2. The third kappa shape index (κ3) is 9.27. The molecule has 4 amide bonds. The van der Waals surface area contributed by atoms with Gasteiger partial charge in [0.2, 0.25) is 24.6 Å². The first kappa shape index (κ1) is 33.2. The minimum Gasteiger partial charge on any atom is -0.306 e. The van der Waals surface area contributed by atoms with Crippen LogP contribution in [0.15, 0.2) is 47.3 Å². The van der Waals surface area contributed by atoms with Gasteiger partial charge >= 0.3 is 5.69 Å². The lowest BCUT2D eigenvalue weighted by Gasteiger charge is -2.15. The minimum absolute atomic E-state index is 0.136. The fourth-order valence-corrected chi connectivity index (χ4v) is 4.75. The zero-order chi connectivity index (χ0) is 30.5. The molecule has 0 saturated carbocycles. The number of nitrogens with zero attached hydrogens (tertiary/aromatic N) is 1. The van der Waals surface area contributed by atoms with Crippen LogP contribution in [0.1, 0.15) is 114 Å². The number of imide groups is 2. The van der Waals surface area contributed by atoms with Gasteiger partial charge in [-0.15, -0.1) is 0 Å². The maximum atomic E-state index is 12.3. The number of hydrogen-bond acceptors (Lipinski definition) is 5. The molecule has 3 N–H and O–H groups in total. The number of aromatic nitrogens is 2. The van der Waals surface area contributed by atoms with Gasteiger partial charge in [-0.25, -0.2) is 4.79 Å². The first-order valence-corrected chi connectivity index (χ1v) is 14.4. The van der Waals surface area contributed by atoms with E-state index >= 15 is 0 Å². The second-order valence-corrected chi connectivity index (χ2v) is 10.7. The van der Waals surface area contributed by atoms with Crippen molar-refractivity contribution in [1.29, 1.82) is 0 Å². The Kier molecular flexibility index (Phi) is 13.2. The van der Waals surface area contributed by atoms with Gasteiger partial charge in [-0.1, -0.05) is 71.4 Å². The molecule has 9 heteroatoms. The maximum absolute atomic E-state index is 12.3. The predicted molar refractivity (Wildman–Crippen MR) is 162 cm³/mol. The van der Waals surface area contributed by atoms with E-state index in [1.807, 2.05) is 44.2 Å². The Morgan fingerprint density at radius 1 is 0.878 bits per heavy atom. The summed E-state index contributed by atoms with van der Waals surface area (Å²) in [6.07, 6.45) is 4.21. The Morgan fingerprint density at radius 3 is 2.05 bits per heavy atom. The van der Waals surface area contributed by atoms with Crippen LogP contribution in [0, 0.1) is 0 Å². The average Bonchev–Trinajstić information content (AvgIpc) is 3.29. The van der Waals surface area contributed by atoms with Gasteiger partial charge in [0.1, 0.15) is 0 Å². The van der Waals surface area contributed by atoms with E-state index in [2.05, 4.69) is 55.4 Å². The van der Waals surface area contributed by atoms with Gasteiger partial charge in [0.05, 0.1) is 17.0 Å². The SMILES string of the molecule is CCC(C)c1ccc2c(c1)[nH]c(=O)n2C(C)CCC(=O)NC=O.CCCC(C(=O)NC=O)c1ccc(C(C)C)cc1. The fraction of sp³-hybridized carbons (Fsp3) is 0.469. The zero-order valence-electron chi connectivity index (χ0n) is 25.0. The predicted octanol–water partition coefficient (Wildman–Crippen LogP) is 5.42. The number of carbonyl (C=O) groups is 4. The molecule has 1 heterocycles. The monoisotopic (exact) mass is 564 g/mol. The highest BCUT2D eigenvalue weighted by Gasteiger charge is 2.19. The summed E-state index contributed by atoms with van der Waals surface area (Å²) in [6, 6.07) is 14.0. The molecule has 0 radical (unpaired) electrons. The molecule has 0 aliphatic carbocycles. The first-order chi connectivity index (χ1) is 19.6. The second kappa shape index (κ2) is 16.3. The Labute approximate surface area is 242 Å².